The number of carbonyl (C=O) groups is 1. The average molecular weight is 559 g/mol. The molecule has 3 aromatic heterocycles. The Morgan fingerprint density at radius 1 is 1.05 bits per heavy atom. The van der Waals surface area contributed by atoms with E-state index in [1.165, 1.54) is 10.9 Å². The van der Waals surface area contributed by atoms with Gasteiger partial charge < -0.3 is 29.0 Å². The van der Waals surface area contributed by atoms with E-state index in [1.54, 1.807) is 76.3 Å². The van der Waals surface area contributed by atoms with Crippen LogP contribution in [0.4, 0.5) is 11.5 Å². The first-order chi connectivity index (χ1) is 20.0. The summed E-state index contributed by atoms with van der Waals surface area (Å²) >= 11 is 0. The molecule has 0 aliphatic carbocycles. The number of methoxy groups -OCH3 is 3. The van der Waals surface area contributed by atoms with Crippen LogP contribution in [0.15, 0.2) is 66.2 Å². The van der Waals surface area contributed by atoms with Crippen molar-refractivity contribution >= 4 is 29.9 Å². The van der Waals surface area contributed by atoms with Gasteiger partial charge in [-0.2, -0.15) is 5.10 Å². The second-order valence-electron chi connectivity index (χ2n) is 8.24. The van der Waals surface area contributed by atoms with E-state index in [1.807, 2.05) is 13.8 Å². The molecule has 0 saturated heterocycles. The Hall–Kier alpha value is -5.39. The Morgan fingerprint density at radius 2 is 1.80 bits per heavy atom. The van der Waals surface area contributed by atoms with Crippen LogP contribution in [0, 0.1) is 0 Å². The first-order valence-electron chi connectivity index (χ1n) is 12.5. The van der Waals surface area contributed by atoms with Crippen molar-refractivity contribution in [2.75, 3.05) is 33.3 Å². The first kappa shape index (κ1) is 28.6. The van der Waals surface area contributed by atoms with Gasteiger partial charge in [0.05, 0.1) is 52.2 Å². The van der Waals surface area contributed by atoms with Gasteiger partial charge >= 0.3 is 0 Å². The molecule has 212 valence electrons. The first-order valence-corrected chi connectivity index (χ1v) is 12.5. The summed E-state index contributed by atoms with van der Waals surface area (Å²) in [5.41, 5.74) is 1.84. The van der Waals surface area contributed by atoms with Gasteiger partial charge in [-0.05, 0) is 44.8 Å². The van der Waals surface area contributed by atoms with Crippen LogP contribution in [0.25, 0.3) is 11.4 Å². The predicted molar refractivity (Wildman–Crippen MR) is 154 cm³/mol. The zero-order valence-electron chi connectivity index (χ0n) is 23.4. The Bertz CT molecular complexity index is 1560. The highest BCUT2D eigenvalue weighted by atomic mass is 16.5. The molecule has 4 rings (SSSR count). The number of hydrogen-bond donors (Lipinski definition) is 1. The molecule has 1 aromatic carbocycles. The Balaban J connectivity index is 1.53. The van der Waals surface area contributed by atoms with E-state index in [-0.39, 0.29) is 5.69 Å². The lowest BCUT2D eigenvalue weighted by molar-refractivity contribution is 0.101. The van der Waals surface area contributed by atoms with Gasteiger partial charge in [-0.3, -0.25) is 14.8 Å². The maximum absolute atomic E-state index is 13.2. The number of aliphatic imine (C=N–C) groups is 1. The molecule has 4 aromatic rings. The molecule has 1 amide bonds. The topological polar surface area (TPSA) is 131 Å². The Kier molecular flexibility index (Phi) is 9.15. The fourth-order valence-corrected chi connectivity index (χ4v) is 3.90. The van der Waals surface area contributed by atoms with Crippen LogP contribution in [0.1, 0.15) is 29.9 Å². The lowest BCUT2D eigenvalue weighted by Gasteiger charge is -2.15. The van der Waals surface area contributed by atoms with E-state index < -0.39 is 5.91 Å². The molecule has 0 atom stereocenters. The summed E-state index contributed by atoms with van der Waals surface area (Å²) in [7, 11) is 4.64. The number of anilines is 1. The van der Waals surface area contributed by atoms with Gasteiger partial charge in [0.15, 0.2) is 22.9 Å². The zero-order chi connectivity index (χ0) is 29.4. The van der Waals surface area contributed by atoms with Crippen LogP contribution in [0.5, 0.6) is 28.7 Å². The van der Waals surface area contributed by atoms with E-state index in [0.717, 1.165) is 0 Å². The predicted octanol–water partition coefficient (Wildman–Crippen LogP) is 5.11. The molecule has 12 nitrogen and oxygen atoms in total. The number of nitrogens with zero attached hydrogens (tertiary/aromatic N) is 5. The van der Waals surface area contributed by atoms with E-state index >= 15 is 0 Å². The van der Waals surface area contributed by atoms with Crippen molar-refractivity contribution in [2.24, 2.45) is 4.99 Å². The number of allylic oxidation sites excluding steroid dienone is 1. The third-order valence-corrected chi connectivity index (χ3v) is 5.83. The van der Waals surface area contributed by atoms with Gasteiger partial charge in [-0.15, -0.1) is 0 Å². The molecule has 1 N–H and O–H groups in total. The third kappa shape index (κ3) is 6.27. The van der Waals surface area contributed by atoms with E-state index in [0.29, 0.717) is 63.9 Å². The van der Waals surface area contributed by atoms with Crippen molar-refractivity contribution in [3.63, 3.8) is 0 Å². The Morgan fingerprint density at radius 3 is 2.44 bits per heavy atom. The monoisotopic (exact) mass is 558 g/mol. The van der Waals surface area contributed by atoms with Gasteiger partial charge in [0, 0.05) is 23.9 Å². The van der Waals surface area contributed by atoms with Gasteiger partial charge in [-0.1, -0.05) is 0 Å². The number of rotatable bonds is 12. The summed E-state index contributed by atoms with van der Waals surface area (Å²) in [6.45, 7) is 7.64. The summed E-state index contributed by atoms with van der Waals surface area (Å²) in [5, 5.41) is 7.16. The number of aromatic nitrogens is 4. The van der Waals surface area contributed by atoms with Crippen LogP contribution in [0.3, 0.4) is 0 Å². The fraction of sp³-hybridized carbons (Fsp3) is 0.207. The van der Waals surface area contributed by atoms with Crippen molar-refractivity contribution < 1.29 is 28.5 Å². The molecule has 0 bridgehead atoms. The largest absolute Gasteiger partial charge is 0.494 e. The van der Waals surface area contributed by atoms with Gasteiger partial charge in [0.25, 0.3) is 5.91 Å². The van der Waals surface area contributed by atoms with Crippen molar-refractivity contribution in [3.8, 4) is 34.4 Å². The molecule has 0 aliphatic heterocycles. The van der Waals surface area contributed by atoms with Crippen LogP contribution in [-0.2, 0) is 0 Å². The maximum atomic E-state index is 13.2. The highest BCUT2D eigenvalue weighted by Gasteiger charge is 2.21. The van der Waals surface area contributed by atoms with Gasteiger partial charge in [-0.25, -0.2) is 9.67 Å². The third-order valence-electron chi connectivity index (χ3n) is 5.83. The summed E-state index contributed by atoms with van der Waals surface area (Å²) in [4.78, 5) is 25.7. The molecular formula is C29H30N6O6. The molecular weight excluding hydrogens is 528 g/mol. The van der Waals surface area contributed by atoms with Gasteiger partial charge in [0.2, 0.25) is 0 Å². The number of ether oxygens (including phenoxy) is 5. The standard InChI is InChI=1S/C29H30N6O6/c1-7-22(19-13-24(38-5)25(39-6)14-20(19)30-3)41-18-9-10-27(32-15-18)33-29(36)28-26(40-8-2)17-35(34-28)21-16-31-12-11-23(21)37-4/h7,9-17H,3,8H2,1-2,4-6H3,(H,32,33,36)/b22-7+. The Labute approximate surface area is 237 Å². The molecule has 0 aliphatic rings. The average Bonchev–Trinajstić information content (AvgIpc) is 3.44. The van der Waals surface area contributed by atoms with Crippen LogP contribution in [0.2, 0.25) is 0 Å². The maximum Gasteiger partial charge on any atom is 0.281 e. The minimum absolute atomic E-state index is 0.0778. The van der Waals surface area contributed by atoms with E-state index in [9.17, 15) is 4.79 Å². The number of pyridine rings is 2. The second-order valence-corrected chi connectivity index (χ2v) is 8.24. The number of hydrogen-bond acceptors (Lipinski definition) is 10. The van der Waals surface area contributed by atoms with Crippen molar-refractivity contribution in [3.05, 3.63) is 72.5 Å². The highest BCUT2D eigenvalue weighted by molar-refractivity contribution is 6.04. The molecule has 0 saturated carbocycles. The minimum Gasteiger partial charge on any atom is -0.494 e. The molecule has 12 heteroatoms. The summed E-state index contributed by atoms with van der Waals surface area (Å²) in [5.74, 6) is 2.61. The second kappa shape index (κ2) is 13.1. The number of amides is 1. The van der Waals surface area contributed by atoms with Gasteiger partial charge in [0.1, 0.15) is 28.8 Å². The van der Waals surface area contributed by atoms with Crippen molar-refractivity contribution in [1.82, 2.24) is 19.7 Å². The fourth-order valence-electron chi connectivity index (χ4n) is 3.90. The molecule has 0 unspecified atom stereocenters. The highest BCUT2D eigenvalue weighted by Crippen LogP contribution is 2.38. The number of nitrogens with one attached hydrogen (secondary N) is 1. The zero-order valence-corrected chi connectivity index (χ0v) is 23.4. The summed E-state index contributed by atoms with van der Waals surface area (Å²) in [6, 6.07) is 8.47. The lowest BCUT2D eigenvalue weighted by Crippen LogP contribution is -2.15. The lowest BCUT2D eigenvalue weighted by atomic mass is 10.1. The smallest absolute Gasteiger partial charge is 0.281 e. The van der Waals surface area contributed by atoms with E-state index in [2.05, 4.69) is 32.1 Å². The molecule has 41 heavy (non-hydrogen) atoms. The van der Waals surface area contributed by atoms with Crippen molar-refractivity contribution in [1.29, 1.82) is 0 Å². The molecule has 0 radical (unpaired) electrons. The van der Waals surface area contributed by atoms with Crippen LogP contribution < -0.4 is 29.0 Å². The quantitative estimate of drug-likeness (QED) is 0.186. The minimum atomic E-state index is -0.502. The summed E-state index contributed by atoms with van der Waals surface area (Å²) in [6.07, 6.45) is 8.06. The molecule has 0 spiro atoms. The normalized spacial score (nSPS) is 11.0. The number of benzene rings is 1. The van der Waals surface area contributed by atoms with E-state index in [4.69, 9.17) is 23.7 Å². The van der Waals surface area contributed by atoms with Crippen molar-refractivity contribution in [2.45, 2.75) is 13.8 Å². The molecule has 0 fully saturated rings. The van der Waals surface area contributed by atoms with Crippen LogP contribution in [-0.4, -0.2) is 60.3 Å². The van der Waals surface area contributed by atoms with Crippen LogP contribution >= 0.6 is 0 Å². The SMILES string of the molecule is C=Nc1cc(OC)c(OC)cc1/C(=C\C)Oc1ccc(NC(=O)c2nn(-c3cnccc3OC)cc2OCC)nc1. The molecule has 3 heterocycles. The summed E-state index contributed by atoms with van der Waals surface area (Å²) < 4.78 is 29.4. The number of carbonyl (C=O) groups excluding carboxylic acids is 1.